The van der Waals surface area contributed by atoms with Crippen LogP contribution >= 0.6 is 11.8 Å². The summed E-state index contributed by atoms with van der Waals surface area (Å²) in [5, 5.41) is 14.9. The van der Waals surface area contributed by atoms with Crippen molar-refractivity contribution in [3.05, 3.63) is 149 Å². The van der Waals surface area contributed by atoms with Gasteiger partial charge in [-0.05, 0) is 104 Å². The Labute approximate surface area is 345 Å². The second-order valence-electron chi connectivity index (χ2n) is 14.8. The van der Waals surface area contributed by atoms with E-state index in [4.69, 9.17) is 4.74 Å². The summed E-state index contributed by atoms with van der Waals surface area (Å²) in [6.45, 7) is 5.81. The Hall–Kier alpha value is -5.21. The van der Waals surface area contributed by atoms with Crippen molar-refractivity contribution in [1.82, 2.24) is 9.62 Å². The Morgan fingerprint density at radius 2 is 1.50 bits per heavy atom. The number of hydrogen-bond donors (Lipinski definition) is 2. The van der Waals surface area contributed by atoms with Crippen LogP contribution in [0.25, 0.3) is 11.1 Å². The Kier molecular flexibility index (Phi) is 13.4. The van der Waals surface area contributed by atoms with Crippen LogP contribution in [0.1, 0.15) is 41.6 Å². The molecule has 13 heteroatoms. The molecular weight excluding hydrogens is 771 g/mol. The number of likely N-dealkylation sites (tertiary alicyclic amines) is 1. The van der Waals surface area contributed by atoms with E-state index in [0.29, 0.717) is 18.9 Å². The molecular formula is C45H49N5O6S2. The van der Waals surface area contributed by atoms with E-state index in [-0.39, 0.29) is 21.7 Å². The number of carbonyl (C=O) groups excluding carboxylic acids is 1. The molecule has 7 rings (SSSR count). The third-order valence-corrected chi connectivity index (χ3v) is 13.3. The minimum absolute atomic E-state index is 0.158. The minimum atomic E-state index is -4.41. The number of anilines is 2. The number of hydrogen-bond acceptors (Lipinski definition) is 10. The standard InChI is InChI=1S/C45H49N5O6S2/c51-44(47-58(54,55)40-21-22-42(43(33-40)50(52)53)46-25-32-57-39-14-5-2-6-15-39)36-17-19-38(20-18-36)49-28-23-45(24-29-49,56-31-30-48-26-9-10-27-48)34-37-13-7-8-16-41(37)35-11-3-1-4-12-35/h1-8,11-22,33,46H,9-10,23-32,34H2,(H,47,51). The summed E-state index contributed by atoms with van der Waals surface area (Å²) in [5.41, 5.74) is 4.23. The highest BCUT2D eigenvalue weighted by Gasteiger charge is 2.37. The number of sulfonamides is 1. The molecule has 0 saturated carbocycles. The molecule has 2 heterocycles. The Balaban J connectivity index is 0.979. The molecule has 1 amide bonds. The van der Waals surface area contributed by atoms with Crippen LogP contribution in [0.3, 0.4) is 0 Å². The number of thioether (sulfide) groups is 1. The van der Waals surface area contributed by atoms with Gasteiger partial charge in [0, 0.05) is 60.6 Å². The maximum Gasteiger partial charge on any atom is 0.293 e. The molecule has 302 valence electrons. The smallest absolute Gasteiger partial charge is 0.293 e. The molecule has 11 nitrogen and oxygen atoms in total. The van der Waals surface area contributed by atoms with Crippen molar-refractivity contribution >= 4 is 44.8 Å². The average molecular weight is 820 g/mol. The molecule has 0 atom stereocenters. The lowest BCUT2D eigenvalue weighted by Gasteiger charge is -2.43. The molecule has 2 saturated heterocycles. The van der Waals surface area contributed by atoms with Gasteiger partial charge in [0.1, 0.15) is 5.69 Å². The number of benzene rings is 5. The number of nitrogens with one attached hydrogen (secondary N) is 2. The van der Waals surface area contributed by atoms with Crippen molar-refractivity contribution in [2.24, 2.45) is 0 Å². The normalized spacial score (nSPS) is 15.6. The van der Waals surface area contributed by atoms with Gasteiger partial charge < -0.3 is 19.9 Å². The molecule has 2 N–H and O–H groups in total. The molecule has 0 radical (unpaired) electrons. The first kappa shape index (κ1) is 41.0. The summed E-state index contributed by atoms with van der Waals surface area (Å²) < 4.78 is 35.5. The van der Waals surface area contributed by atoms with Crippen molar-refractivity contribution in [1.29, 1.82) is 0 Å². The summed E-state index contributed by atoms with van der Waals surface area (Å²) >= 11 is 1.60. The van der Waals surface area contributed by atoms with Crippen LogP contribution in [-0.2, 0) is 21.2 Å². The summed E-state index contributed by atoms with van der Waals surface area (Å²) in [6.07, 6.45) is 4.93. The van der Waals surface area contributed by atoms with Gasteiger partial charge in [0.25, 0.3) is 21.6 Å². The van der Waals surface area contributed by atoms with Gasteiger partial charge >= 0.3 is 0 Å². The van der Waals surface area contributed by atoms with Gasteiger partial charge in [-0.1, -0.05) is 72.8 Å². The largest absolute Gasteiger partial charge is 0.379 e. The van der Waals surface area contributed by atoms with Gasteiger partial charge in [0.05, 0.1) is 22.0 Å². The number of nitrogens with zero attached hydrogens (tertiary/aromatic N) is 3. The van der Waals surface area contributed by atoms with E-state index in [0.717, 1.165) is 68.6 Å². The van der Waals surface area contributed by atoms with Crippen LogP contribution in [0, 0.1) is 10.1 Å². The van der Waals surface area contributed by atoms with Crippen LogP contribution in [0.2, 0.25) is 0 Å². The third-order valence-electron chi connectivity index (χ3n) is 10.9. The van der Waals surface area contributed by atoms with Gasteiger partial charge in [-0.25, -0.2) is 13.1 Å². The molecule has 2 aliphatic rings. The summed E-state index contributed by atoms with van der Waals surface area (Å²) in [6, 6.07) is 39.3. The van der Waals surface area contributed by atoms with E-state index in [1.807, 2.05) is 48.5 Å². The van der Waals surface area contributed by atoms with E-state index in [2.05, 4.69) is 68.4 Å². The highest BCUT2D eigenvalue weighted by Crippen LogP contribution is 2.36. The van der Waals surface area contributed by atoms with Gasteiger partial charge in [0.15, 0.2) is 0 Å². The second kappa shape index (κ2) is 19.0. The number of carbonyl (C=O) groups is 1. The molecule has 0 aliphatic carbocycles. The fourth-order valence-electron chi connectivity index (χ4n) is 7.78. The lowest BCUT2D eigenvalue weighted by molar-refractivity contribution is -0.384. The lowest BCUT2D eigenvalue weighted by atomic mass is 9.82. The van der Waals surface area contributed by atoms with Crippen molar-refractivity contribution in [3.8, 4) is 11.1 Å². The van der Waals surface area contributed by atoms with Crippen LogP contribution in [0.15, 0.2) is 137 Å². The van der Waals surface area contributed by atoms with Crippen LogP contribution in [-0.4, -0.2) is 81.4 Å². The minimum Gasteiger partial charge on any atom is -0.379 e. The predicted molar refractivity (Wildman–Crippen MR) is 231 cm³/mol. The molecule has 58 heavy (non-hydrogen) atoms. The Morgan fingerprint density at radius 3 is 2.21 bits per heavy atom. The van der Waals surface area contributed by atoms with E-state index in [1.165, 1.54) is 41.7 Å². The number of nitro groups is 1. The number of nitro benzene ring substituents is 1. The predicted octanol–water partition coefficient (Wildman–Crippen LogP) is 8.28. The van der Waals surface area contributed by atoms with Crippen molar-refractivity contribution < 1.29 is 22.9 Å². The molecule has 5 aromatic carbocycles. The highest BCUT2D eigenvalue weighted by molar-refractivity contribution is 7.99. The average Bonchev–Trinajstić information content (AvgIpc) is 3.77. The van der Waals surface area contributed by atoms with Crippen LogP contribution < -0.4 is 14.9 Å². The molecule has 0 spiro atoms. The van der Waals surface area contributed by atoms with E-state index in [9.17, 15) is 23.3 Å². The SMILES string of the molecule is O=C(NS(=O)(=O)c1ccc(NCCSc2ccccc2)c([N+](=O)[O-])c1)c1ccc(N2CCC(Cc3ccccc3-c3ccccc3)(OCCN3CCCC3)CC2)cc1. The highest BCUT2D eigenvalue weighted by atomic mass is 32.2. The first-order chi connectivity index (χ1) is 28.2. The van der Waals surface area contributed by atoms with E-state index >= 15 is 0 Å². The molecule has 0 unspecified atom stereocenters. The molecule has 0 bridgehead atoms. The van der Waals surface area contributed by atoms with Gasteiger partial charge in [-0.15, -0.1) is 11.8 Å². The van der Waals surface area contributed by atoms with E-state index in [1.54, 1.807) is 23.9 Å². The maximum absolute atomic E-state index is 13.3. The molecule has 5 aromatic rings. The topological polar surface area (TPSA) is 134 Å². The fourth-order valence-corrected chi connectivity index (χ4v) is 9.56. The molecule has 0 aromatic heterocycles. The van der Waals surface area contributed by atoms with Crippen LogP contribution in [0.5, 0.6) is 0 Å². The fraction of sp³-hybridized carbons (Fsp3) is 0.311. The second-order valence-corrected chi connectivity index (χ2v) is 17.6. The maximum atomic E-state index is 13.3. The van der Waals surface area contributed by atoms with Gasteiger partial charge in [-0.3, -0.25) is 14.9 Å². The number of rotatable bonds is 17. The summed E-state index contributed by atoms with van der Waals surface area (Å²) in [7, 11) is -4.41. The Bertz CT molecular complexity index is 2260. The molecule has 2 fully saturated rings. The van der Waals surface area contributed by atoms with Crippen molar-refractivity contribution in [3.63, 3.8) is 0 Å². The lowest BCUT2D eigenvalue weighted by Crippen LogP contribution is -2.48. The van der Waals surface area contributed by atoms with Crippen molar-refractivity contribution in [2.45, 2.75) is 47.5 Å². The van der Waals surface area contributed by atoms with Gasteiger partial charge in [-0.2, -0.15) is 0 Å². The van der Waals surface area contributed by atoms with Crippen LogP contribution in [0.4, 0.5) is 17.1 Å². The Morgan fingerprint density at radius 1 is 0.828 bits per heavy atom. The zero-order chi connectivity index (χ0) is 40.4. The van der Waals surface area contributed by atoms with Gasteiger partial charge in [0.2, 0.25) is 0 Å². The number of ether oxygens (including phenoxy) is 1. The zero-order valence-electron chi connectivity index (χ0n) is 32.4. The monoisotopic (exact) mass is 819 g/mol. The first-order valence-electron chi connectivity index (χ1n) is 19.8. The number of piperidine rings is 1. The third kappa shape index (κ3) is 10.4. The summed E-state index contributed by atoms with van der Waals surface area (Å²) in [4.78, 5) is 29.9. The first-order valence-corrected chi connectivity index (χ1v) is 22.3. The quantitative estimate of drug-likeness (QED) is 0.0409. The van der Waals surface area contributed by atoms with Crippen molar-refractivity contribution in [2.75, 3.05) is 61.8 Å². The van der Waals surface area contributed by atoms with E-state index < -0.39 is 26.5 Å². The molecule has 2 aliphatic heterocycles. The number of amides is 1. The zero-order valence-corrected chi connectivity index (χ0v) is 34.1. The summed E-state index contributed by atoms with van der Waals surface area (Å²) in [5.74, 6) is -0.179.